The van der Waals surface area contributed by atoms with E-state index >= 15 is 0 Å². The Morgan fingerprint density at radius 1 is 1.50 bits per heavy atom. The summed E-state index contributed by atoms with van der Waals surface area (Å²) in [5.74, 6) is 1.42. The van der Waals surface area contributed by atoms with E-state index < -0.39 is 0 Å². The monoisotopic (exact) mass is 237 g/mol. The van der Waals surface area contributed by atoms with Crippen molar-refractivity contribution in [3.05, 3.63) is 16.1 Å². The Hall–Kier alpha value is -0.940. The number of amides is 1. The quantitative estimate of drug-likeness (QED) is 0.783. The first-order valence-corrected chi connectivity index (χ1v) is 6.54. The van der Waals surface area contributed by atoms with Gasteiger partial charge < -0.3 is 10.2 Å². The summed E-state index contributed by atoms with van der Waals surface area (Å²) < 4.78 is 0. The smallest absolute Gasteiger partial charge is 0.273 e. The molecule has 1 N–H and O–H groups in total. The lowest BCUT2D eigenvalue weighted by molar-refractivity contribution is 0.0776. The molecule has 1 amide bonds. The first kappa shape index (κ1) is 10.2. The Balaban J connectivity index is 1.73. The van der Waals surface area contributed by atoms with Gasteiger partial charge in [-0.1, -0.05) is 0 Å². The largest absolute Gasteiger partial charge is 0.337 e. The third-order valence-electron chi connectivity index (χ3n) is 3.51. The van der Waals surface area contributed by atoms with Crippen molar-refractivity contribution in [3.8, 4) is 0 Å². The van der Waals surface area contributed by atoms with Gasteiger partial charge in [-0.3, -0.25) is 4.79 Å². The zero-order valence-electron chi connectivity index (χ0n) is 9.27. The van der Waals surface area contributed by atoms with Gasteiger partial charge in [0.15, 0.2) is 0 Å². The highest BCUT2D eigenvalue weighted by Gasteiger charge is 2.38. The second-order valence-corrected chi connectivity index (χ2v) is 5.70. The van der Waals surface area contributed by atoms with Crippen LogP contribution in [-0.2, 0) is 0 Å². The molecule has 2 atom stereocenters. The van der Waals surface area contributed by atoms with E-state index in [-0.39, 0.29) is 5.91 Å². The molecule has 16 heavy (non-hydrogen) atoms. The predicted octanol–water partition coefficient (Wildman–Crippen LogP) is 0.743. The number of aromatic nitrogens is 1. The van der Waals surface area contributed by atoms with E-state index in [1.807, 2.05) is 17.2 Å². The van der Waals surface area contributed by atoms with Crippen LogP contribution < -0.4 is 5.32 Å². The summed E-state index contributed by atoms with van der Waals surface area (Å²) in [6.07, 6.45) is 0. The van der Waals surface area contributed by atoms with E-state index in [2.05, 4.69) is 10.3 Å². The molecule has 0 spiro atoms. The Morgan fingerprint density at radius 2 is 2.19 bits per heavy atom. The molecule has 0 saturated carbocycles. The van der Waals surface area contributed by atoms with Gasteiger partial charge in [-0.2, -0.15) is 0 Å². The maximum atomic E-state index is 12.1. The zero-order chi connectivity index (χ0) is 11.1. The standard InChI is InChI=1S/C11H15N3OS/c1-7-13-10(6-16-7)11(15)14-4-8-2-12-3-9(8)5-14/h6,8-9,12H,2-5H2,1H3/t8-,9+. The van der Waals surface area contributed by atoms with Crippen LogP contribution in [0.1, 0.15) is 15.5 Å². The SMILES string of the molecule is Cc1nc(C(=O)N2C[C@H]3CNC[C@H]3C2)cs1. The minimum Gasteiger partial charge on any atom is -0.337 e. The zero-order valence-corrected chi connectivity index (χ0v) is 10.1. The summed E-state index contributed by atoms with van der Waals surface area (Å²) in [5.41, 5.74) is 0.621. The lowest BCUT2D eigenvalue weighted by Crippen LogP contribution is -2.32. The van der Waals surface area contributed by atoms with E-state index in [9.17, 15) is 4.79 Å². The van der Waals surface area contributed by atoms with Crippen molar-refractivity contribution in [2.24, 2.45) is 11.8 Å². The third-order valence-corrected chi connectivity index (χ3v) is 4.29. The second-order valence-electron chi connectivity index (χ2n) is 4.64. The summed E-state index contributed by atoms with van der Waals surface area (Å²) in [4.78, 5) is 18.4. The number of likely N-dealkylation sites (tertiary alicyclic amines) is 1. The number of rotatable bonds is 1. The molecule has 86 valence electrons. The molecule has 3 rings (SSSR count). The first-order valence-electron chi connectivity index (χ1n) is 5.66. The number of fused-ring (bicyclic) bond motifs is 1. The van der Waals surface area contributed by atoms with Gasteiger partial charge in [0.25, 0.3) is 5.91 Å². The molecular weight excluding hydrogens is 222 g/mol. The van der Waals surface area contributed by atoms with Crippen molar-refractivity contribution >= 4 is 17.2 Å². The Bertz CT molecular complexity index is 405. The van der Waals surface area contributed by atoms with Crippen molar-refractivity contribution < 1.29 is 4.79 Å². The van der Waals surface area contributed by atoms with Crippen molar-refractivity contribution in [2.45, 2.75) is 6.92 Å². The number of carbonyl (C=O) groups is 1. The highest BCUT2D eigenvalue weighted by atomic mass is 32.1. The molecule has 5 heteroatoms. The lowest BCUT2D eigenvalue weighted by Gasteiger charge is -2.15. The average Bonchev–Trinajstić information content (AvgIpc) is 2.89. The number of nitrogens with one attached hydrogen (secondary N) is 1. The minimum atomic E-state index is 0.110. The van der Waals surface area contributed by atoms with Crippen molar-refractivity contribution in [1.29, 1.82) is 0 Å². The van der Waals surface area contributed by atoms with Crippen LogP contribution in [0.15, 0.2) is 5.38 Å². The fraction of sp³-hybridized carbons (Fsp3) is 0.636. The van der Waals surface area contributed by atoms with Gasteiger partial charge in [0.2, 0.25) is 0 Å². The molecule has 4 nitrogen and oxygen atoms in total. The van der Waals surface area contributed by atoms with Crippen molar-refractivity contribution in [3.63, 3.8) is 0 Å². The van der Waals surface area contributed by atoms with E-state index in [1.165, 1.54) is 0 Å². The molecule has 3 heterocycles. The van der Waals surface area contributed by atoms with E-state index in [0.717, 1.165) is 31.2 Å². The van der Waals surface area contributed by atoms with Gasteiger partial charge in [-0.05, 0) is 18.8 Å². The van der Waals surface area contributed by atoms with Crippen LogP contribution in [0.3, 0.4) is 0 Å². The number of aryl methyl sites for hydroxylation is 1. The second kappa shape index (κ2) is 3.82. The highest BCUT2D eigenvalue weighted by Crippen LogP contribution is 2.27. The number of hydrogen-bond donors (Lipinski definition) is 1. The van der Waals surface area contributed by atoms with Gasteiger partial charge in [-0.15, -0.1) is 11.3 Å². The van der Waals surface area contributed by atoms with Gasteiger partial charge in [-0.25, -0.2) is 4.98 Å². The fourth-order valence-electron chi connectivity index (χ4n) is 2.64. The maximum Gasteiger partial charge on any atom is 0.273 e. The molecule has 2 saturated heterocycles. The topological polar surface area (TPSA) is 45.2 Å². The Kier molecular flexibility index (Phi) is 2.44. The van der Waals surface area contributed by atoms with Gasteiger partial charge in [0, 0.05) is 31.6 Å². The van der Waals surface area contributed by atoms with Crippen LogP contribution in [0.25, 0.3) is 0 Å². The summed E-state index contributed by atoms with van der Waals surface area (Å²) in [6, 6.07) is 0. The van der Waals surface area contributed by atoms with Crippen molar-refractivity contribution in [2.75, 3.05) is 26.2 Å². The molecule has 0 radical (unpaired) electrons. The van der Waals surface area contributed by atoms with Crippen LogP contribution in [0.4, 0.5) is 0 Å². The van der Waals surface area contributed by atoms with Crippen LogP contribution >= 0.6 is 11.3 Å². The van der Waals surface area contributed by atoms with Crippen LogP contribution in [-0.4, -0.2) is 42.0 Å². The highest BCUT2D eigenvalue weighted by molar-refractivity contribution is 7.09. The Morgan fingerprint density at radius 3 is 2.75 bits per heavy atom. The van der Waals surface area contributed by atoms with E-state index in [1.54, 1.807) is 11.3 Å². The van der Waals surface area contributed by atoms with Gasteiger partial charge in [0.05, 0.1) is 5.01 Å². The normalized spacial score (nSPS) is 28.4. The molecule has 0 aliphatic carbocycles. The number of nitrogens with zero attached hydrogens (tertiary/aromatic N) is 2. The van der Waals surface area contributed by atoms with E-state index in [4.69, 9.17) is 0 Å². The predicted molar refractivity (Wildman–Crippen MR) is 62.6 cm³/mol. The number of carbonyl (C=O) groups excluding carboxylic acids is 1. The molecule has 2 fully saturated rings. The average molecular weight is 237 g/mol. The van der Waals surface area contributed by atoms with Crippen LogP contribution in [0.5, 0.6) is 0 Å². The number of thiazole rings is 1. The molecule has 0 unspecified atom stereocenters. The van der Waals surface area contributed by atoms with Crippen LogP contribution in [0.2, 0.25) is 0 Å². The van der Waals surface area contributed by atoms with Crippen molar-refractivity contribution in [1.82, 2.24) is 15.2 Å². The Labute approximate surface area is 98.7 Å². The minimum absolute atomic E-state index is 0.110. The van der Waals surface area contributed by atoms with Gasteiger partial charge in [0.1, 0.15) is 5.69 Å². The summed E-state index contributed by atoms with van der Waals surface area (Å²) in [5, 5.41) is 6.20. The maximum absolute atomic E-state index is 12.1. The molecule has 0 bridgehead atoms. The summed E-state index contributed by atoms with van der Waals surface area (Å²) in [7, 11) is 0. The van der Waals surface area contributed by atoms with Gasteiger partial charge >= 0.3 is 0 Å². The molecule has 1 aromatic rings. The van der Waals surface area contributed by atoms with Crippen LogP contribution in [0, 0.1) is 18.8 Å². The molecule has 2 aliphatic heterocycles. The lowest BCUT2D eigenvalue weighted by atomic mass is 10.0. The molecule has 2 aliphatic rings. The third kappa shape index (κ3) is 1.64. The molecular formula is C11H15N3OS. The summed E-state index contributed by atoms with van der Waals surface area (Å²) >= 11 is 1.54. The first-order chi connectivity index (χ1) is 7.74. The summed E-state index contributed by atoms with van der Waals surface area (Å²) in [6.45, 7) is 5.85. The molecule has 0 aromatic carbocycles. The molecule has 1 aromatic heterocycles. The van der Waals surface area contributed by atoms with E-state index in [0.29, 0.717) is 17.5 Å². The fourth-order valence-corrected chi connectivity index (χ4v) is 3.23. The number of hydrogen-bond acceptors (Lipinski definition) is 4.